The van der Waals surface area contributed by atoms with Crippen molar-refractivity contribution in [3.63, 3.8) is 0 Å². The fourth-order valence-electron chi connectivity index (χ4n) is 1.53. The van der Waals surface area contributed by atoms with Gasteiger partial charge in [0.1, 0.15) is 5.69 Å². The number of hydrogen-bond donors (Lipinski definition) is 2. The van der Waals surface area contributed by atoms with Crippen LogP contribution < -0.4 is 5.73 Å². The van der Waals surface area contributed by atoms with E-state index in [-0.39, 0.29) is 0 Å². The number of nitrogens with two attached hydrogens (primary N) is 1. The first kappa shape index (κ1) is 9.43. The molecule has 0 amide bonds. The summed E-state index contributed by atoms with van der Waals surface area (Å²) in [4.78, 5) is 1.18. The average molecular weight is 207 g/mol. The summed E-state index contributed by atoms with van der Waals surface area (Å²) in [6.07, 6.45) is 0.949. The number of aromatic nitrogens is 2. The number of rotatable bonds is 3. The predicted molar refractivity (Wildman–Crippen MR) is 59.2 cm³/mol. The summed E-state index contributed by atoms with van der Waals surface area (Å²) in [5, 5.41) is 9.40. The van der Waals surface area contributed by atoms with Crippen molar-refractivity contribution in [2.75, 3.05) is 0 Å². The lowest BCUT2D eigenvalue weighted by atomic mass is 10.1. The van der Waals surface area contributed by atoms with Gasteiger partial charge in [0.15, 0.2) is 0 Å². The maximum Gasteiger partial charge on any atom is 0.107 e. The molecule has 0 aliphatic heterocycles. The molecule has 0 aliphatic rings. The molecule has 2 aromatic heterocycles. The largest absolute Gasteiger partial charge is 0.326 e. The average Bonchev–Trinajstić information content (AvgIpc) is 2.85. The maximum atomic E-state index is 5.72. The first-order chi connectivity index (χ1) is 6.86. The van der Waals surface area contributed by atoms with Crippen LogP contribution in [0.2, 0.25) is 0 Å². The SMILES string of the molecule is CCc1[nH]nc(-c2cccs2)c1CN. The molecule has 0 spiro atoms. The molecule has 3 nitrogen and oxygen atoms in total. The highest BCUT2D eigenvalue weighted by molar-refractivity contribution is 7.13. The van der Waals surface area contributed by atoms with Crippen molar-refractivity contribution < 1.29 is 0 Å². The Bertz CT molecular complexity index is 403. The Kier molecular flexibility index (Phi) is 2.65. The molecule has 4 heteroatoms. The number of H-pyrrole nitrogens is 1. The van der Waals surface area contributed by atoms with Gasteiger partial charge in [-0.2, -0.15) is 5.10 Å². The minimum atomic E-state index is 0.549. The monoisotopic (exact) mass is 207 g/mol. The Morgan fingerprint density at radius 3 is 3.00 bits per heavy atom. The Labute approximate surface area is 87.0 Å². The van der Waals surface area contributed by atoms with E-state index in [0.717, 1.165) is 23.4 Å². The Hall–Kier alpha value is -1.13. The van der Waals surface area contributed by atoms with Crippen molar-refractivity contribution in [1.29, 1.82) is 0 Å². The summed E-state index contributed by atoms with van der Waals surface area (Å²) in [5.74, 6) is 0. The van der Waals surface area contributed by atoms with Crippen LogP contribution in [0.3, 0.4) is 0 Å². The number of hydrogen-bond acceptors (Lipinski definition) is 3. The molecule has 74 valence electrons. The minimum absolute atomic E-state index is 0.549. The summed E-state index contributed by atoms with van der Waals surface area (Å²) >= 11 is 1.69. The maximum absolute atomic E-state index is 5.72. The fraction of sp³-hybridized carbons (Fsp3) is 0.300. The van der Waals surface area contributed by atoms with Crippen LogP contribution in [0.25, 0.3) is 10.6 Å². The van der Waals surface area contributed by atoms with Gasteiger partial charge in [-0.3, -0.25) is 5.10 Å². The van der Waals surface area contributed by atoms with Crippen LogP contribution in [0, 0.1) is 0 Å². The molecule has 0 aromatic carbocycles. The summed E-state index contributed by atoms with van der Waals surface area (Å²) in [7, 11) is 0. The van der Waals surface area contributed by atoms with E-state index in [4.69, 9.17) is 5.73 Å². The number of aromatic amines is 1. The van der Waals surface area contributed by atoms with Crippen molar-refractivity contribution >= 4 is 11.3 Å². The van der Waals surface area contributed by atoms with E-state index in [1.165, 1.54) is 4.88 Å². The van der Waals surface area contributed by atoms with Gasteiger partial charge in [-0.15, -0.1) is 11.3 Å². The molecule has 0 fully saturated rings. The minimum Gasteiger partial charge on any atom is -0.326 e. The normalized spacial score (nSPS) is 10.7. The van der Waals surface area contributed by atoms with E-state index in [0.29, 0.717) is 6.54 Å². The summed E-state index contributed by atoms with van der Waals surface area (Å²) in [5.41, 5.74) is 9.03. The second-order valence-corrected chi connectivity index (χ2v) is 4.01. The van der Waals surface area contributed by atoms with Crippen LogP contribution >= 0.6 is 11.3 Å². The van der Waals surface area contributed by atoms with Crippen LogP contribution in [-0.2, 0) is 13.0 Å². The van der Waals surface area contributed by atoms with E-state index < -0.39 is 0 Å². The molecule has 0 aliphatic carbocycles. The van der Waals surface area contributed by atoms with Crippen molar-refractivity contribution in [3.05, 3.63) is 28.8 Å². The Balaban J connectivity index is 2.48. The number of nitrogens with zero attached hydrogens (tertiary/aromatic N) is 1. The van der Waals surface area contributed by atoms with Crippen molar-refractivity contribution in [1.82, 2.24) is 10.2 Å². The van der Waals surface area contributed by atoms with Crippen LogP contribution in [0.5, 0.6) is 0 Å². The topological polar surface area (TPSA) is 54.7 Å². The molecule has 0 radical (unpaired) electrons. The van der Waals surface area contributed by atoms with Crippen LogP contribution in [0.1, 0.15) is 18.2 Å². The van der Waals surface area contributed by atoms with E-state index in [1.807, 2.05) is 6.07 Å². The molecule has 2 aromatic rings. The smallest absolute Gasteiger partial charge is 0.107 e. The zero-order valence-electron chi connectivity index (χ0n) is 8.08. The quantitative estimate of drug-likeness (QED) is 0.810. The number of thiophene rings is 1. The third-order valence-corrected chi connectivity index (χ3v) is 3.14. The first-order valence-electron chi connectivity index (χ1n) is 4.66. The predicted octanol–water partition coefficient (Wildman–Crippen LogP) is 2.16. The lowest BCUT2D eigenvalue weighted by Gasteiger charge is -1.98. The van der Waals surface area contributed by atoms with Gasteiger partial charge in [-0.05, 0) is 17.9 Å². The van der Waals surface area contributed by atoms with E-state index in [1.54, 1.807) is 11.3 Å². The van der Waals surface area contributed by atoms with E-state index in [2.05, 4.69) is 28.6 Å². The highest BCUT2D eigenvalue weighted by Gasteiger charge is 2.12. The standard InChI is InChI=1S/C10H13N3S/c1-2-8-7(6-11)10(13-12-8)9-4-3-5-14-9/h3-5H,2,6,11H2,1H3,(H,12,13). The number of aryl methyl sites for hydroxylation is 1. The van der Waals surface area contributed by atoms with Gasteiger partial charge in [0.25, 0.3) is 0 Å². The van der Waals surface area contributed by atoms with Gasteiger partial charge < -0.3 is 5.73 Å². The zero-order chi connectivity index (χ0) is 9.97. The molecule has 14 heavy (non-hydrogen) atoms. The molecule has 0 atom stereocenters. The second-order valence-electron chi connectivity index (χ2n) is 3.06. The molecular weight excluding hydrogens is 194 g/mol. The molecule has 2 rings (SSSR count). The molecule has 0 saturated heterocycles. The Morgan fingerprint density at radius 2 is 2.43 bits per heavy atom. The van der Waals surface area contributed by atoms with Gasteiger partial charge in [0.2, 0.25) is 0 Å². The molecular formula is C10H13N3S. The van der Waals surface area contributed by atoms with Gasteiger partial charge in [-0.1, -0.05) is 13.0 Å². The third-order valence-electron chi connectivity index (χ3n) is 2.27. The van der Waals surface area contributed by atoms with Gasteiger partial charge in [0, 0.05) is 17.8 Å². The Morgan fingerprint density at radius 1 is 1.57 bits per heavy atom. The van der Waals surface area contributed by atoms with Crippen LogP contribution in [0.15, 0.2) is 17.5 Å². The van der Waals surface area contributed by atoms with Crippen molar-refractivity contribution in [2.24, 2.45) is 5.73 Å². The molecule has 2 heterocycles. The highest BCUT2D eigenvalue weighted by atomic mass is 32.1. The first-order valence-corrected chi connectivity index (χ1v) is 5.54. The van der Waals surface area contributed by atoms with E-state index in [9.17, 15) is 0 Å². The van der Waals surface area contributed by atoms with Crippen molar-refractivity contribution in [2.45, 2.75) is 19.9 Å². The highest BCUT2D eigenvalue weighted by Crippen LogP contribution is 2.27. The number of nitrogens with one attached hydrogen (secondary N) is 1. The van der Waals surface area contributed by atoms with Gasteiger partial charge in [0.05, 0.1) is 4.88 Å². The molecule has 3 N–H and O–H groups in total. The van der Waals surface area contributed by atoms with Crippen LogP contribution in [0.4, 0.5) is 0 Å². The molecule has 0 saturated carbocycles. The summed E-state index contributed by atoms with van der Waals surface area (Å²) < 4.78 is 0. The van der Waals surface area contributed by atoms with Crippen LogP contribution in [-0.4, -0.2) is 10.2 Å². The fourth-order valence-corrected chi connectivity index (χ4v) is 2.27. The second kappa shape index (κ2) is 3.94. The van der Waals surface area contributed by atoms with Gasteiger partial charge in [-0.25, -0.2) is 0 Å². The van der Waals surface area contributed by atoms with Gasteiger partial charge >= 0.3 is 0 Å². The lowest BCUT2D eigenvalue weighted by Crippen LogP contribution is -1.99. The van der Waals surface area contributed by atoms with E-state index >= 15 is 0 Å². The molecule has 0 unspecified atom stereocenters. The summed E-state index contributed by atoms with van der Waals surface area (Å²) in [6.45, 7) is 2.65. The van der Waals surface area contributed by atoms with Crippen molar-refractivity contribution in [3.8, 4) is 10.6 Å². The summed E-state index contributed by atoms with van der Waals surface area (Å²) in [6, 6.07) is 4.10. The zero-order valence-corrected chi connectivity index (χ0v) is 8.90. The lowest BCUT2D eigenvalue weighted by molar-refractivity contribution is 0.948. The molecule has 0 bridgehead atoms. The third kappa shape index (κ3) is 1.47.